The Balaban J connectivity index is 1.62. The minimum absolute atomic E-state index is 0.706. The Morgan fingerprint density at radius 3 is 1.94 bits per heavy atom. The van der Waals surface area contributed by atoms with Crippen molar-refractivity contribution in [2.45, 2.75) is 51.9 Å². The summed E-state index contributed by atoms with van der Waals surface area (Å²) in [7, 11) is 0. The van der Waals surface area contributed by atoms with Crippen LogP contribution < -0.4 is 5.73 Å². The molecule has 0 aromatic rings. The lowest BCUT2D eigenvalue weighted by Gasteiger charge is -2.57. The first-order chi connectivity index (χ1) is 8.23. The normalized spacial score (nSPS) is 51.5. The van der Waals surface area contributed by atoms with E-state index in [2.05, 4.69) is 6.92 Å². The van der Waals surface area contributed by atoms with Crippen LogP contribution in [-0.4, -0.2) is 6.54 Å². The van der Waals surface area contributed by atoms with E-state index < -0.39 is 0 Å². The van der Waals surface area contributed by atoms with E-state index in [9.17, 15) is 0 Å². The molecule has 1 atom stereocenters. The summed E-state index contributed by atoms with van der Waals surface area (Å²) in [6, 6.07) is 0. The van der Waals surface area contributed by atoms with Crippen LogP contribution in [0.4, 0.5) is 0 Å². The van der Waals surface area contributed by atoms with Crippen molar-refractivity contribution in [1.82, 2.24) is 0 Å². The van der Waals surface area contributed by atoms with Gasteiger partial charge in [0.05, 0.1) is 0 Å². The first-order valence-corrected chi connectivity index (χ1v) is 7.93. The lowest BCUT2D eigenvalue weighted by molar-refractivity contribution is -0.0795. The molecule has 1 unspecified atom stereocenters. The summed E-state index contributed by atoms with van der Waals surface area (Å²) in [6.45, 7) is 3.35. The molecule has 5 fully saturated rings. The zero-order valence-electron chi connectivity index (χ0n) is 11.2. The van der Waals surface area contributed by atoms with Crippen LogP contribution in [0, 0.1) is 40.9 Å². The molecule has 0 spiro atoms. The maximum absolute atomic E-state index is 5.99. The molecule has 17 heavy (non-hydrogen) atoms. The average molecular weight is 233 g/mol. The fourth-order valence-electron chi connectivity index (χ4n) is 6.40. The van der Waals surface area contributed by atoms with Gasteiger partial charge in [-0.05, 0) is 92.4 Å². The molecule has 0 heterocycles. The zero-order valence-corrected chi connectivity index (χ0v) is 11.2. The summed E-state index contributed by atoms with van der Waals surface area (Å²) in [4.78, 5) is 0. The Bertz CT molecular complexity index is 289. The van der Waals surface area contributed by atoms with Gasteiger partial charge in [0, 0.05) is 0 Å². The average Bonchev–Trinajstić information content (AvgIpc) is 3.08. The Kier molecular flexibility index (Phi) is 2.23. The number of hydrogen-bond acceptors (Lipinski definition) is 1. The molecule has 0 amide bonds. The first kappa shape index (κ1) is 10.8. The zero-order chi connectivity index (χ0) is 11.6. The van der Waals surface area contributed by atoms with Gasteiger partial charge in [-0.15, -0.1) is 0 Å². The van der Waals surface area contributed by atoms with Crippen LogP contribution in [0.2, 0.25) is 0 Å². The summed E-state index contributed by atoms with van der Waals surface area (Å²) >= 11 is 0. The van der Waals surface area contributed by atoms with E-state index in [1.807, 2.05) is 0 Å². The molecule has 4 bridgehead atoms. The maximum Gasteiger partial charge on any atom is -0.00461 e. The third-order valence-corrected chi connectivity index (χ3v) is 7.05. The van der Waals surface area contributed by atoms with Crippen LogP contribution in [0.15, 0.2) is 0 Å². The maximum atomic E-state index is 5.99. The van der Waals surface area contributed by atoms with Crippen LogP contribution in [0.5, 0.6) is 0 Å². The topological polar surface area (TPSA) is 26.0 Å². The van der Waals surface area contributed by atoms with Crippen LogP contribution in [0.3, 0.4) is 0 Å². The van der Waals surface area contributed by atoms with Crippen molar-refractivity contribution >= 4 is 0 Å². The molecular weight excluding hydrogens is 206 g/mol. The molecule has 0 aromatic carbocycles. The first-order valence-electron chi connectivity index (χ1n) is 7.93. The largest absolute Gasteiger partial charge is 0.330 e. The number of hydrogen-bond donors (Lipinski definition) is 1. The second-order valence-electron chi connectivity index (χ2n) is 7.83. The molecule has 5 rings (SSSR count). The van der Waals surface area contributed by atoms with E-state index in [-0.39, 0.29) is 0 Å². The van der Waals surface area contributed by atoms with Gasteiger partial charge in [-0.3, -0.25) is 0 Å². The molecule has 0 saturated heterocycles. The van der Waals surface area contributed by atoms with Crippen molar-refractivity contribution in [3.05, 3.63) is 0 Å². The molecule has 0 aromatic heterocycles. The summed E-state index contributed by atoms with van der Waals surface area (Å²) in [6.07, 6.45) is 10.9. The molecule has 1 heteroatoms. The molecule has 96 valence electrons. The van der Waals surface area contributed by atoms with Gasteiger partial charge in [0.15, 0.2) is 0 Å². The lowest BCUT2D eigenvalue weighted by atomic mass is 9.48. The highest BCUT2D eigenvalue weighted by Gasteiger charge is 2.61. The van der Waals surface area contributed by atoms with Crippen LogP contribution in [0.25, 0.3) is 0 Å². The monoisotopic (exact) mass is 233 g/mol. The van der Waals surface area contributed by atoms with Crippen molar-refractivity contribution < 1.29 is 0 Å². The fourth-order valence-corrected chi connectivity index (χ4v) is 6.40. The Labute approximate surface area is 106 Å². The van der Waals surface area contributed by atoms with Gasteiger partial charge in [-0.1, -0.05) is 6.92 Å². The molecule has 5 saturated carbocycles. The van der Waals surface area contributed by atoms with Gasteiger partial charge in [0.1, 0.15) is 0 Å². The van der Waals surface area contributed by atoms with E-state index >= 15 is 0 Å². The SMILES string of the molecule is CC(CN)C1(C2C3CC4CC(C3)CC2C4)CC1. The predicted octanol–water partition coefficient (Wildman–Crippen LogP) is 3.43. The van der Waals surface area contributed by atoms with Crippen molar-refractivity contribution in [2.24, 2.45) is 46.7 Å². The van der Waals surface area contributed by atoms with Crippen LogP contribution in [0.1, 0.15) is 51.9 Å². The second kappa shape index (κ2) is 3.50. The van der Waals surface area contributed by atoms with Gasteiger partial charge in [0.2, 0.25) is 0 Å². The van der Waals surface area contributed by atoms with Gasteiger partial charge in [-0.2, -0.15) is 0 Å². The molecule has 0 aliphatic heterocycles. The Morgan fingerprint density at radius 1 is 1.00 bits per heavy atom. The van der Waals surface area contributed by atoms with E-state index in [4.69, 9.17) is 5.73 Å². The summed E-state index contributed by atoms with van der Waals surface area (Å²) in [5.74, 6) is 6.31. The van der Waals surface area contributed by atoms with E-state index in [1.54, 1.807) is 32.1 Å². The molecule has 2 N–H and O–H groups in total. The number of nitrogens with two attached hydrogens (primary N) is 1. The Morgan fingerprint density at radius 2 is 1.53 bits per heavy atom. The van der Waals surface area contributed by atoms with Crippen molar-refractivity contribution in [1.29, 1.82) is 0 Å². The van der Waals surface area contributed by atoms with Crippen molar-refractivity contribution in [3.63, 3.8) is 0 Å². The highest BCUT2D eigenvalue weighted by molar-refractivity contribution is 5.11. The predicted molar refractivity (Wildman–Crippen MR) is 70.4 cm³/mol. The quantitative estimate of drug-likeness (QED) is 0.794. The van der Waals surface area contributed by atoms with Crippen molar-refractivity contribution in [2.75, 3.05) is 6.54 Å². The highest BCUT2D eigenvalue weighted by Crippen LogP contribution is 2.69. The Hall–Kier alpha value is -0.0400. The minimum Gasteiger partial charge on any atom is -0.330 e. The molecule has 0 radical (unpaired) electrons. The fraction of sp³-hybridized carbons (Fsp3) is 1.00. The van der Waals surface area contributed by atoms with E-state index in [0.717, 1.165) is 42.1 Å². The third kappa shape index (κ3) is 1.41. The van der Waals surface area contributed by atoms with Gasteiger partial charge in [-0.25, -0.2) is 0 Å². The molecule has 5 aliphatic carbocycles. The molecule has 1 nitrogen and oxygen atoms in total. The minimum atomic E-state index is 0.706. The van der Waals surface area contributed by atoms with Crippen LogP contribution >= 0.6 is 0 Å². The van der Waals surface area contributed by atoms with Gasteiger partial charge >= 0.3 is 0 Å². The van der Waals surface area contributed by atoms with E-state index in [1.165, 1.54) is 12.8 Å². The van der Waals surface area contributed by atoms with Crippen molar-refractivity contribution in [3.8, 4) is 0 Å². The smallest absolute Gasteiger partial charge is 0.00461 e. The molecular formula is C16H27N. The number of rotatable bonds is 3. The van der Waals surface area contributed by atoms with Crippen LogP contribution in [-0.2, 0) is 0 Å². The third-order valence-electron chi connectivity index (χ3n) is 7.05. The lowest BCUT2D eigenvalue weighted by Crippen LogP contribution is -2.50. The standard InChI is InChI=1S/C16H27N/c1-10(9-17)16(2-3-16)15-13-5-11-4-12(7-13)8-14(15)6-11/h10-15H,2-9,17H2,1H3. The molecule has 5 aliphatic rings. The van der Waals surface area contributed by atoms with Gasteiger partial charge in [0.25, 0.3) is 0 Å². The summed E-state index contributed by atoms with van der Waals surface area (Å²) in [5.41, 5.74) is 6.70. The van der Waals surface area contributed by atoms with E-state index in [0.29, 0.717) is 5.41 Å². The highest BCUT2D eigenvalue weighted by atomic mass is 14.7. The summed E-state index contributed by atoms with van der Waals surface area (Å²) < 4.78 is 0. The van der Waals surface area contributed by atoms with Gasteiger partial charge < -0.3 is 5.73 Å². The summed E-state index contributed by atoms with van der Waals surface area (Å²) in [5, 5.41) is 0. The second-order valence-corrected chi connectivity index (χ2v) is 7.83.